The van der Waals surface area contributed by atoms with Gasteiger partial charge in [-0.3, -0.25) is 9.59 Å². The summed E-state index contributed by atoms with van der Waals surface area (Å²) >= 11 is 9.76. The number of carbonyl (C=O) groups excluding carboxylic acids is 2. The number of carbonyl (C=O) groups is 2. The Hall–Kier alpha value is -2.63. The van der Waals surface area contributed by atoms with Gasteiger partial charge >= 0.3 is 0 Å². The van der Waals surface area contributed by atoms with Crippen LogP contribution in [0.25, 0.3) is 0 Å². The van der Waals surface area contributed by atoms with Crippen LogP contribution in [0.4, 0.5) is 0 Å². The van der Waals surface area contributed by atoms with Gasteiger partial charge in [0.15, 0.2) is 0 Å². The molecule has 0 radical (unpaired) electrons. The maximum Gasteiger partial charge on any atom is 0.243 e. The van der Waals surface area contributed by atoms with E-state index in [0.717, 1.165) is 21.2 Å². The predicted molar refractivity (Wildman–Crippen MR) is 137 cm³/mol. The fourth-order valence-electron chi connectivity index (χ4n) is 3.72. The molecule has 6 heteroatoms. The van der Waals surface area contributed by atoms with Crippen molar-refractivity contribution in [2.75, 3.05) is 6.54 Å². The largest absolute Gasteiger partial charge is 0.355 e. The highest BCUT2D eigenvalue weighted by molar-refractivity contribution is 9.10. The molecule has 33 heavy (non-hydrogen) atoms. The van der Waals surface area contributed by atoms with Crippen molar-refractivity contribution in [1.29, 1.82) is 0 Å². The Morgan fingerprint density at radius 1 is 0.939 bits per heavy atom. The summed E-state index contributed by atoms with van der Waals surface area (Å²) < 4.78 is 0.965. The van der Waals surface area contributed by atoms with E-state index in [0.29, 0.717) is 31.0 Å². The quantitative estimate of drug-likeness (QED) is 0.362. The number of rotatable bonds is 10. The molecule has 172 valence electrons. The second-order valence-corrected chi connectivity index (χ2v) is 9.16. The zero-order valence-corrected chi connectivity index (χ0v) is 21.0. The molecule has 0 saturated heterocycles. The number of halogens is 2. The van der Waals surface area contributed by atoms with Crippen LogP contribution >= 0.6 is 27.5 Å². The van der Waals surface area contributed by atoms with Crippen LogP contribution in [0.5, 0.6) is 0 Å². The van der Waals surface area contributed by atoms with E-state index in [2.05, 4.69) is 21.2 Å². The van der Waals surface area contributed by atoms with E-state index in [-0.39, 0.29) is 18.2 Å². The second-order valence-electron chi connectivity index (χ2n) is 7.84. The van der Waals surface area contributed by atoms with Gasteiger partial charge < -0.3 is 10.2 Å². The summed E-state index contributed by atoms with van der Waals surface area (Å²) in [6.45, 7) is 2.74. The molecule has 2 amide bonds. The first-order valence-corrected chi connectivity index (χ1v) is 12.2. The third kappa shape index (κ3) is 7.44. The molecular weight excluding hydrogens is 500 g/mol. The van der Waals surface area contributed by atoms with Crippen molar-refractivity contribution in [3.05, 3.63) is 105 Å². The molecule has 3 rings (SSSR count). The Bertz CT molecular complexity index is 1060. The van der Waals surface area contributed by atoms with Gasteiger partial charge in [0, 0.05) is 35.4 Å². The first-order chi connectivity index (χ1) is 16.0. The molecule has 4 nitrogen and oxygen atoms in total. The Balaban J connectivity index is 1.89. The predicted octanol–water partition coefficient (Wildman–Crippen LogP) is 5.81. The molecule has 0 aromatic heterocycles. The van der Waals surface area contributed by atoms with Gasteiger partial charge in [0.1, 0.15) is 6.04 Å². The van der Waals surface area contributed by atoms with Crippen LogP contribution in [0.3, 0.4) is 0 Å². The van der Waals surface area contributed by atoms with Gasteiger partial charge in [-0.2, -0.15) is 0 Å². The van der Waals surface area contributed by atoms with Crippen LogP contribution in [0, 0.1) is 0 Å². The Kier molecular flexibility index (Phi) is 9.52. The van der Waals surface area contributed by atoms with Crippen molar-refractivity contribution >= 4 is 39.3 Å². The Labute approximate surface area is 209 Å². The lowest BCUT2D eigenvalue weighted by Crippen LogP contribution is -2.50. The van der Waals surface area contributed by atoms with E-state index in [1.807, 2.05) is 85.8 Å². The monoisotopic (exact) mass is 526 g/mol. The van der Waals surface area contributed by atoms with E-state index in [1.165, 1.54) is 0 Å². The third-order valence-corrected chi connectivity index (χ3v) is 6.35. The fraction of sp³-hybridized carbons (Fsp3) is 0.259. The molecule has 0 aliphatic rings. The Morgan fingerprint density at radius 2 is 1.61 bits per heavy atom. The van der Waals surface area contributed by atoms with Gasteiger partial charge in [-0.15, -0.1) is 0 Å². The Morgan fingerprint density at radius 3 is 2.27 bits per heavy atom. The SMILES string of the molecule is CCNC(=O)[C@@H](Cc1ccccc1)N(Cc1ccc(Br)cc1)C(=O)CCc1ccccc1Cl. The minimum atomic E-state index is -0.616. The molecule has 0 unspecified atom stereocenters. The van der Waals surface area contributed by atoms with E-state index in [9.17, 15) is 9.59 Å². The summed E-state index contributed by atoms with van der Waals surface area (Å²) in [6.07, 6.45) is 1.23. The summed E-state index contributed by atoms with van der Waals surface area (Å²) in [7, 11) is 0. The summed E-state index contributed by atoms with van der Waals surface area (Å²) in [6, 6.07) is 24.6. The van der Waals surface area contributed by atoms with Crippen LogP contribution in [0.15, 0.2) is 83.3 Å². The highest BCUT2D eigenvalue weighted by Crippen LogP contribution is 2.20. The summed E-state index contributed by atoms with van der Waals surface area (Å²) in [5, 5.41) is 3.57. The lowest BCUT2D eigenvalue weighted by molar-refractivity contribution is -0.141. The molecule has 1 atom stereocenters. The lowest BCUT2D eigenvalue weighted by atomic mass is 10.0. The fourth-order valence-corrected chi connectivity index (χ4v) is 4.21. The number of nitrogens with one attached hydrogen (secondary N) is 1. The van der Waals surface area contributed by atoms with Crippen molar-refractivity contribution in [3.63, 3.8) is 0 Å². The van der Waals surface area contributed by atoms with Crippen molar-refractivity contribution < 1.29 is 9.59 Å². The van der Waals surface area contributed by atoms with Crippen LogP contribution < -0.4 is 5.32 Å². The maximum absolute atomic E-state index is 13.5. The minimum absolute atomic E-state index is 0.0787. The average Bonchev–Trinajstić information content (AvgIpc) is 2.82. The second kappa shape index (κ2) is 12.6. The van der Waals surface area contributed by atoms with Gasteiger partial charge in [-0.25, -0.2) is 0 Å². The maximum atomic E-state index is 13.5. The van der Waals surface area contributed by atoms with Crippen molar-refractivity contribution in [3.8, 4) is 0 Å². The molecule has 0 heterocycles. The molecule has 0 bridgehead atoms. The number of benzene rings is 3. The average molecular weight is 528 g/mol. The zero-order chi connectivity index (χ0) is 23.6. The molecule has 0 spiro atoms. The van der Waals surface area contributed by atoms with Gasteiger partial charge in [-0.05, 0) is 48.2 Å². The summed E-state index contributed by atoms with van der Waals surface area (Å²) in [5.74, 6) is -0.227. The highest BCUT2D eigenvalue weighted by atomic mass is 79.9. The number of amides is 2. The van der Waals surface area contributed by atoms with Gasteiger partial charge in [0.25, 0.3) is 0 Å². The van der Waals surface area contributed by atoms with E-state index in [1.54, 1.807) is 4.90 Å². The number of hydrogen-bond acceptors (Lipinski definition) is 2. The van der Waals surface area contributed by atoms with Gasteiger partial charge in [-0.1, -0.05) is 88.2 Å². The first kappa shape index (κ1) is 25.0. The highest BCUT2D eigenvalue weighted by Gasteiger charge is 2.30. The van der Waals surface area contributed by atoms with Gasteiger partial charge in [0.05, 0.1) is 0 Å². The number of hydrogen-bond donors (Lipinski definition) is 1. The van der Waals surface area contributed by atoms with Crippen molar-refractivity contribution in [2.24, 2.45) is 0 Å². The molecule has 3 aromatic carbocycles. The number of likely N-dealkylation sites (N-methyl/N-ethyl adjacent to an activating group) is 1. The minimum Gasteiger partial charge on any atom is -0.355 e. The summed E-state index contributed by atoms with van der Waals surface area (Å²) in [5.41, 5.74) is 2.90. The molecule has 0 fully saturated rings. The van der Waals surface area contributed by atoms with Crippen LogP contribution in [0.1, 0.15) is 30.0 Å². The molecule has 0 saturated carbocycles. The molecule has 0 aliphatic carbocycles. The van der Waals surface area contributed by atoms with Crippen molar-refractivity contribution in [2.45, 2.75) is 38.8 Å². The van der Waals surface area contributed by atoms with Crippen LogP contribution in [-0.2, 0) is 29.0 Å². The van der Waals surface area contributed by atoms with Crippen LogP contribution in [-0.4, -0.2) is 29.3 Å². The number of nitrogens with zero attached hydrogens (tertiary/aromatic N) is 1. The molecule has 3 aromatic rings. The lowest BCUT2D eigenvalue weighted by Gasteiger charge is -2.31. The topological polar surface area (TPSA) is 49.4 Å². The molecular formula is C27H28BrClN2O2. The standard InChI is InChI=1S/C27H28BrClN2O2/c1-2-30-27(33)25(18-20-8-4-3-5-9-20)31(19-21-12-15-23(28)16-13-21)26(32)17-14-22-10-6-7-11-24(22)29/h3-13,15-16,25H,2,14,17-19H2,1H3,(H,30,33)/t25-/m1/s1. The third-order valence-electron chi connectivity index (χ3n) is 5.45. The zero-order valence-electron chi connectivity index (χ0n) is 18.6. The first-order valence-electron chi connectivity index (χ1n) is 11.1. The number of aryl methyl sites for hydroxylation is 1. The molecule has 1 N–H and O–H groups in total. The van der Waals surface area contributed by atoms with Gasteiger partial charge in [0.2, 0.25) is 11.8 Å². The van der Waals surface area contributed by atoms with Crippen LogP contribution in [0.2, 0.25) is 5.02 Å². The summed E-state index contributed by atoms with van der Waals surface area (Å²) in [4.78, 5) is 28.4. The molecule has 0 aliphatic heterocycles. The van der Waals surface area contributed by atoms with E-state index in [4.69, 9.17) is 11.6 Å². The van der Waals surface area contributed by atoms with Crippen molar-refractivity contribution in [1.82, 2.24) is 10.2 Å². The van der Waals surface area contributed by atoms with E-state index >= 15 is 0 Å². The smallest absolute Gasteiger partial charge is 0.243 e. The normalized spacial score (nSPS) is 11.6. The van der Waals surface area contributed by atoms with E-state index < -0.39 is 6.04 Å².